The third-order valence-electron chi connectivity index (χ3n) is 3.13. The fraction of sp³-hybridized carbons (Fsp3) is 0.667. The molecule has 20 heavy (non-hydrogen) atoms. The molecule has 0 amide bonds. The average Bonchev–Trinajstić information content (AvgIpc) is 2.35. The van der Waals surface area contributed by atoms with Crippen LogP contribution in [0.5, 0.6) is 0 Å². The maximum absolute atomic E-state index is 11.8. The first-order chi connectivity index (χ1) is 9.43. The zero-order valence-electron chi connectivity index (χ0n) is 12.3. The number of rotatable bonds is 5. The normalized spacial score (nSPS) is 20.9. The number of aliphatic imine (C=N–C) groups is 1. The number of nitrogens with zero attached hydrogens (tertiary/aromatic N) is 2. The van der Waals surface area contributed by atoms with E-state index in [9.17, 15) is 10.1 Å². The average molecular weight is 278 g/mol. The smallest absolute Gasteiger partial charge is 0.327 e. The van der Waals surface area contributed by atoms with Crippen molar-refractivity contribution in [3.05, 3.63) is 11.6 Å². The third kappa shape index (κ3) is 4.46. The predicted molar refractivity (Wildman–Crippen MR) is 76.2 cm³/mol. The lowest BCUT2D eigenvalue weighted by Crippen LogP contribution is -2.28. The molecule has 0 saturated carbocycles. The Bertz CT molecular complexity index is 458. The van der Waals surface area contributed by atoms with Crippen molar-refractivity contribution in [3.63, 3.8) is 0 Å². The summed E-state index contributed by atoms with van der Waals surface area (Å²) < 4.78 is 4.95. The van der Waals surface area contributed by atoms with Crippen molar-refractivity contribution in [1.82, 2.24) is 0 Å². The maximum atomic E-state index is 11.8. The highest BCUT2D eigenvalue weighted by molar-refractivity contribution is 5.98. The van der Waals surface area contributed by atoms with Crippen molar-refractivity contribution in [2.45, 2.75) is 33.6 Å². The number of carbonyl (C=O) groups is 1. The van der Waals surface area contributed by atoms with Gasteiger partial charge in [0.1, 0.15) is 0 Å². The minimum Gasteiger partial charge on any atom is -0.465 e. The van der Waals surface area contributed by atoms with Crippen LogP contribution >= 0.6 is 0 Å². The van der Waals surface area contributed by atoms with E-state index in [1.807, 2.05) is 12.1 Å². The fourth-order valence-corrected chi connectivity index (χ4v) is 2.41. The molecular weight excluding hydrogens is 256 g/mol. The summed E-state index contributed by atoms with van der Waals surface area (Å²) in [7, 11) is 0. The third-order valence-corrected chi connectivity index (χ3v) is 3.13. The van der Waals surface area contributed by atoms with Gasteiger partial charge < -0.3 is 9.84 Å². The number of esters is 1. The van der Waals surface area contributed by atoms with Crippen LogP contribution in [0.3, 0.4) is 0 Å². The van der Waals surface area contributed by atoms with E-state index in [1.54, 1.807) is 6.92 Å². The molecule has 5 nitrogen and oxygen atoms in total. The van der Waals surface area contributed by atoms with E-state index < -0.39 is 11.9 Å². The summed E-state index contributed by atoms with van der Waals surface area (Å²) in [6, 6.07) is 2.02. The Labute approximate surface area is 120 Å². The summed E-state index contributed by atoms with van der Waals surface area (Å²) in [6.45, 7) is 6.47. The van der Waals surface area contributed by atoms with Crippen molar-refractivity contribution in [1.29, 1.82) is 5.26 Å². The number of carbonyl (C=O) groups excluding carboxylic acids is 1. The van der Waals surface area contributed by atoms with Crippen molar-refractivity contribution < 1.29 is 14.6 Å². The lowest BCUT2D eigenvalue weighted by atomic mass is 9.73. The first kappa shape index (κ1) is 16.4. The van der Waals surface area contributed by atoms with Crippen LogP contribution in [0.4, 0.5) is 0 Å². The fourth-order valence-electron chi connectivity index (χ4n) is 2.41. The van der Waals surface area contributed by atoms with E-state index in [1.165, 1.54) is 0 Å². The van der Waals surface area contributed by atoms with Crippen LogP contribution in [0.25, 0.3) is 0 Å². The molecule has 0 radical (unpaired) electrons. The molecule has 1 rings (SSSR count). The molecule has 0 bridgehead atoms. The van der Waals surface area contributed by atoms with Gasteiger partial charge in [0, 0.05) is 5.71 Å². The monoisotopic (exact) mass is 278 g/mol. The summed E-state index contributed by atoms with van der Waals surface area (Å²) in [6.07, 6.45) is 3.26. The molecule has 5 heteroatoms. The SMILES string of the molecule is CCOC(=O)C(C#N)C1=CC(=NCCO)CC(C)(C)C1. The van der Waals surface area contributed by atoms with Gasteiger partial charge in [-0.3, -0.25) is 9.79 Å². The van der Waals surface area contributed by atoms with Gasteiger partial charge in [-0.05, 0) is 36.8 Å². The minimum absolute atomic E-state index is 0.00728. The van der Waals surface area contributed by atoms with E-state index in [2.05, 4.69) is 18.8 Å². The quantitative estimate of drug-likeness (QED) is 0.778. The second-order valence-electron chi connectivity index (χ2n) is 5.65. The van der Waals surface area contributed by atoms with Gasteiger partial charge in [-0.15, -0.1) is 0 Å². The molecule has 0 fully saturated rings. The van der Waals surface area contributed by atoms with Gasteiger partial charge in [0.2, 0.25) is 0 Å². The highest BCUT2D eigenvalue weighted by Gasteiger charge is 2.33. The first-order valence-electron chi connectivity index (χ1n) is 6.84. The number of aliphatic hydroxyl groups excluding tert-OH is 1. The Kier molecular flexibility index (Phi) is 5.90. The van der Waals surface area contributed by atoms with Crippen LogP contribution < -0.4 is 0 Å². The zero-order chi connectivity index (χ0) is 15.2. The topological polar surface area (TPSA) is 82.7 Å². The zero-order valence-corrected chi connectivity index (χ0v) is 12.3. The second-order valence-corrected chi connectivity index (χ2v) is 5.65. The van der Waals surface area contributed by atoms with Crippen LogP contribution in [0.2, 0.25) is 0 Å². The minimum atomic E-state index is -0.867. The molecule has 0 aliphatic heterocycles. The molecule has 1 aliphatic carbocycles. The molecule has 1 aliphatic rings. The second kappa shape index (κ2) is 7.20. The Balaban J connectivity index is 3.03. The summed E-state index contributed by atoms with van der Waals surface area (Å²) in [4.78, 5) is 16.1. The summed E-state index contributed by atoms with van der Waals surface area (Å²) in [5, 5.41) is 18.1. The summed E-state index contributed by atoms with van der Waals surface area (Å²) in [5.74, 6) is -1.37. The molecule has 0 aromatic carbocycles. The van der Waals surface area contributed by atoms with Crippen molar-refractivity contribution in [2.75, 3.05) is 19.8 Å². The van der Waals surface area contributed by atoms with Crippen LogP contribution in [0.1, 0.15) is 33.6 Å². The standard InChI is InChI=1S/C15H22N2O3/c1-4-20-14(19)13(10-16)11-7-12(17-5-6-18)9-15(2,3)8-11/h7,13,18H,4-6,8-9H2,1-3H3. The summed E-state index contributed by atoms with van der Waals surface area (Å²) in [5.41, 5.74) is 1.52. The Morgan fingerprint density at radius 1 is 1.60 bits per heavy atom. The summed E-state index contributed by atoms with van der Waals surface area (Å²) >= 11 is 0. The van der Waals surface area contributed by atoms with Crippen molar-refractivity contribution in [3.8, 4) is 6.07 Å². The van der Waals surface area contributed by atoms with Gasteiger partial charge in [-0.25, -0.2) is 0 Å². The van der Waals surface area contributed by atoms with Gasteiger partial charge in [0.25, 0.3) is 0 Å². The molecule has 0 heterocycles. The lowest BCUT2D eigenvalue weighted by molar-refractivity contribution is -0.144. The first-order valence-corrected chi connectivity index (χ1v) is 6.84. The van der Waals surface area contributed by atoms with Gasteiger partial charge in [0.15, 0.2) is 5.92 Å². The number of aliphatic hydroxyl groups is 1. The van der Waals surface area contributed by atoms with Gasteiger partial charge in [-0.2, -0.15) is 5.26 Å². The Hall–Kier alpha value is -1.67. The number of hydrogen-bond acceptors (Lipinski definition) is 5. The molecular formula is C15H22N2O3. The molecule has 0 saturated heterocycles. The Morgan fingerprint density at radius 3 is 2.85 bits per heavy atom. The molecule has 110 valence electrons. The molecule has 1 unspecified atom stereocenters. The van der Waals surface area contributed by atoms with Gasteiger partial charge >= 0.3 is 5.97 Å². The largest absolute Gasteiger partial charge is 0.465 e. The molecule has 0 aromatic heterocycles. The lowest BCUT2D eigenvalue weighted by Gasteiger charge is -2.31. The number of allylic oxidation sites excluding steroid dienone is 1. The molecule has 1 N–H and O–H groups in total. The van der Waals surface area contributed by atoms with Crippen molar-refractivity contribution >= 4 is 11.7 Å². The van der Waals surface area contributed by atoms with E-state index in [0.29, 0.717) is 13.0 Å². The maximum Gasteiger partial charge on any atom is 0.327 e. The predicted octanol–water partition coefficient (Wildman–Crippen LogP) is 1.87. The van der Waals surface area contributed by atoms with Crippen molar-refractivity contribution in [2.24, 2.45) is 16.3 Å². The van der Waals surface area contributed by atoms with E-state index in [0.717, 1.165) is 17.7 Å². The number of nitriles is 1. The molecule has 1 atom stereocenters. The van der Waals surface area contributed by atoms with E-state index >= 15 is 0 Å². The van der Waals surface area contributed by atoms with Crippen LogP contribution in [-0.4, -0.2) is 36.5 Å². The highest BCUT2D eigenvalue weighted by atomic mass is 16.5. The highest BCUT2D eigenvalue weighted by Crippen LogP contribution is 2.37. The van der Waals surface area contributed by atoms with E-state index in [-0.39, 0.29) is 18.6 Å². The number of ether oxygens (including phenoxy) is 1. The Morgan fingerprint density at radius 2 is 2.30 bits per heavy atom. The van der Waals surface area contributed by atoms with Crippen LogP contribution in [-0.2, 0) is 9.53 Å². The van der Waals surface area contributed by atoms with E-state index in [4.69, 9.17) is 9.84 Å². The van der Waals surface area contributed by atoms with Gasteiger partial charge in [-0.1, -0.05) is 13.8 Å². The van der Waals surface area contributed by atoms with Crippen LogP contribution in [0.15, 0.2) is 16.6 Å². The number of hydrogen-bond donors (Lipinski definition) is 1. The molecule has 0 spiro atoms. The van der Waals surface area contributed by atoms with Gasteiger partial charge in [0.05, 0.1) is 25.8 Å². The van der Waals surface area contributed by atoms with Crippen LogP contribution in [0, 0.1) is 22.7 Å². The molecule has 0 aromatic rings.